The van der Waals surface area contributed by atoms with Crippen molar-refractivity contribution in [1.82, 2.24) is 10.2 Å². The predicted octanol–water partition coefficient (Wildman–Crippen LogP) is 2.45. The fraction of sp³-hybridized carbons (Fsp3) is 0.350. The van der Waals surface area contributed by atoms with Crippen molar-refractivity contribution >= 4 is 6.09 Å². The van der Waals surface area contributed by atoms with Crippen LogP contribution in [-0.2, 0) is 4.74 Å². The molecule has 1 aliphatic rings. The molecule has 5 nitrogen and oxygen atoms in total. The zero-order valence-corrected chi connectivity index (χ0v) is 14.6. The molecule has 0 saturated carbocycles. The summed E-state index contributed by atoms with van der Waals surface area (Å²) in [5, 5.41) is 12.4. The van der Waals surface area contributed by atoms with Crippen molar-refractivity contribution in [2.24, 2.45) is 0 Å². The Morgan fingerprint density at radius 2 is 1.68 bits per heavy atom. The summed E-state index contributed by atoms with van der Waals surface area (Å²) in [5.41, 5.74) is 4.77. The normalized spacial score (nSPS) is 14.1. The molecule has 1 atom stereocenters. The first-order chi connectivity index (χ1) is 12.1. The Bertz CT molecular complexity index is 700. The molecular weight excluding hydrogens is 316 g/mol. The van der Waals surface area contributed by atoms with Gasteiger partial charge in [-0.25, -0.2) is 4.79 Å². The van der Waals surface area contributed by atoms with E-state index in [9.17, 15) is 9.90 Å². The van der Waals surface area contributed by atoms with Gasteiger partial charge in [-0.05, 0) is 36.3 Å². The van der Waals surface area contributed by atoms with Gasteiger partial charge in [-0.1, -0.05) is 48.5 Å². The van der Waals surface area contributed by atoms with Crippen LogP contribution in [0.15, 0.2) is 48.5 Å². The fourth-order valence-electron chi connectivity index (χ4n) is 3.34. The van der Waals surface area contributed by atoms with Crippen LogP contribution in [0.2, 0.25) is 0 Å². The van der Waals surface area contributed by atoms with Crippen LogP contribution in [-0.4, -0.2) is 56.0 Å². The van der Waals surface area contributed by atoms with E-state index in [4.69, 9.17) is 4.74 Å². The van der Waals surface area contributed by atoms with Gasteiger partial charge >= 0.3 is 6.09 Å². The number of fused-ring (bicyclic) bond motifs is 3. The van der Waals surface area contributed by atoms with Gasteiger partial charge in [0.2, 0.25) is 0 Å². The maximum absolute atomic E-state index is 12.0. The van der Waals surface area contributed by atoms with E-state index in [-0.39, 0.29) is 19.1 Å². The van der Waals surface area contributed by atoms with E-state index in [2.05, 4.69) is 29.6 Å². The third kappa shape index (κ3) is 4.00. The first kappa shape index (κ1) is 17.5. The van der Waals surface area contributed by atoms with Crippen molar-refractivity contribution in [3.8, 4) is 11.1 Å². The third-order valence-electron chi connectivity index (χ3n) is 4.40. The Morgan fingerprint density at radius 1 is 1.12 bits per heavy atom. The highest BCUT2D eigenvalue weighted by atomic mass is 16.5. The van der Waals surface area contributed by atoms with Crippen LogP contribution in [0.5, 0.6) is 0 Å². The van der Waals surface area contributed by atoms with Gasteiger partial charge in [-0.3, -0.25) is 0 Å². The van der Waals surface area contributed by atoms with E-state index >= 15 is 0 Å². The van der Waals surface area contributed by atoms with E-state index in [1.807, 2.05) is 43.3 Å². The number of hydrogen-bond acceptors (Lipinski definition) is 4. The number of rotatable bonds is 6. The predicted molar refractivity (Wildman–Crippen MR) is 97.6 cm³/mol. The quantitative estimate of drug-likeness (QED) is 0.848. The highest BCUT2D eigenvalue weighted by Crippen LogP contribution is 2.44. The first-order valence-corrected chi connectivity index (χ1v) is 8.48. The Hall–Kier alpha value is -2.37. The lowest BCUT2D eigenvalue weighted by Crippen LogP contribution is -2.38. The smallest absolute Gasteiger partial charge is 0.407 e. The molecule has 25 heavy (non-hydrogen) atoms. The minimum atomic E-state index is -0.615. The van der Waals surface area contributed by atoms with Crippen LogP contribution in [0, 0.1) is 0 Å². The number of alkyl carbamates (subject to hydrolysis) is 1. The summed E-state index contributed by atoms with van der Waals surface area (Å²) < 4.78 is 5.42. The van der Waals surface area contributed by atoms with Crippen molar-refractivity contribution in [2.75, 3.05) is 33.8 Å². The van der Waals surface area contributed by atoms with E-state index in [1.165, 1.54) is 22.3 Å². The van der Waals surface area contributed by atoms with Crippen LogP contribution in [0.1, 0.15) is 17.0 Å². The van der Waals surface area contributed by atoms with Crippen molar-refractivity contribution in [2.45, 2.75) is 12.0 Å². The summed E-state index contributed by atoms with van der Waals surface area (Å²) in [6.45, 7) is 0.947. The standard InChI is InChI=1S/C20H24N2O3/c1-22(2)12-14(23)11-21-20(24)25-13-19-17-9-5-3-7-15(17)16-8-4-6-10-18(16)19/h3-10,14,19,23H,11-13H2,1-2H3,(H,21,24). The average molecular weight is 340 g/mol. The van der Waals surface area contributed by atoms with Gasteiger partial charge in [-0.2, -0.15) is 0 Å². The Kier molecular flexibility index (Phi) is 5.36. The maximum Gasteiger partial charge on any atom is 0.407 e. The van der Waals surface area contributed by atoms with Crippen molar-refractivity contribution < 1.29 is 14.6 Å². The fourth-order valence-corrected chi connectivity index (χ4v) is 3.34. The SMILES string of the molecule is CN(C)CC(O)CNC(=O)OCC1c2ccccc2-c2ccccc21. The number of carbonyl (C=O) groups is 1. The lowest BCUT2D eigenvalue weighted by Gasteiger charge is -2.17. The number of aliphatic hydroxyl groups excluding tert-OH is 1. The summed E-state index contributed by atoms with van der Waals surface area (Å²) in [7, 11) is 3.74. The minimum absolute atomic E-state index is 0.0462. The molecule has 0 bridgehead atoms. The van der Waals surface area contributed by atoms with E-state index in [1.54, 1.807) is 0 Å². The lowest BCUT2D eigenvalue weighted by atomic mass is 9.98. The minimum Gasteiger partial charge on any atom is -0.449 e. The largest absolute Gasteiger partial charge is 0.449 e. The number of hydrogen-bond donors (Lipinski definition) is 2. The van der Waals surface area contributed by atoms with Gasteiger partial charge in [0, 0.05) is 19.0 Å². The number of carbonyl (C=O) groups excluding carboxylic acids is 1. The molecular formula is C20H24N2O3. The summed E-state index contributed by atoms with van der Waals surface area (Å²) in [6.07, 6.45) is -1.12. The molecule has 1 amide bonds. The molecule has 0 radical (unpaired) electrons. The summed E-state index contributed by atoms with van der Waals surface area (Å²) in [5.74, 6) is 0.0462. The van der Waals surface area contributed by atoms with E-state index in [0.717, 1.165) is 0 Å². The van der Waals surface area contributed by atoms with Gasteiger partial charge in [0.25, 0.3) is 0 Å². The number of aliphatic hydroxyl groups is 1. The Labute approximate surface area is 148 Å². The van der Waals surface area contributed by atoms with Crippen molar-refractivity contribution in [3.05, 3.63) is 59.7 Å². The number of ether oxygens (including phenoxy) is 1. The van der Waals surface area contributed by atoms with Crippen LogP contribution in [0.4, 0.5) is 4.79 Å². The molecule has 3 rings (SSSR count). The molecule has 0 spiro atoms. The molecule has 0 saturated heterocycles. The number of nitrogens with one attached hydrogen (secondary N) is 1. The molecule has 132 valence electrons. The average Bonchev–Trinajstić information content (AvgIpc) is 2.92. The second-order valence-corrected chi connectivity index (χ2v) is 6.62. The van der Waals surface area contributed by atoms with Gasteiger partial charge in [0.15, 0.2) is 0 Å². The van der Waals surface area contributed by atoms with E-state index in [0.29, 0.717) is 6.54 Å². The molecule has 0 aromatic heterocycles. The lowest BCUT2D eigenvalue weighted by molar-refractivity contribution is 0.115. The first-order valence-electron chi connectivity index (χ1n) is 8.48. The zero-order valence-electron chi connectivity index (χ0n) is 14.6. The molecule has 1 aliphatic carbocycles. The molecule has 1 unspecified atom stereocenters. The van der Waals surface area contributed by atoms with Crippen LogP contribution < -0.4 is 5.32 Å². The Morgan fingerprint density at radius 3 is 2.24 bits per heavy atom. The summed E-state index contributed by atoms with van der Waals surface area (Å²) in [6, 6.07) is 16.4. The molecule has 0 aliphatic heterocycles. The van der Waals surface area contributed by atoms with E-state index < -0.39 is 12.2 Å². The zero-order chi connectivity index (χ0) is 17.8. The Balaban J connectivity index is 1.61. The maximum atomic E-state index is 12.0. The summed E-state index contributed by atoms with van der Waals surface area (Å²) in [4.78, 5) is 13.8. The monoisotopic (exact) mass is 340 g/mol. The van der Waals surface area contributed by atoms with Crippen LogP contribution >= 0.6 is 0 Å². The van der Waals surface area contributed by atoms with Gasteiger partial charge in [0.1, 0.15) is 6.61 Å². The van der Waals surface area contributed by atoms with Crippen LogP contribution in [0.3, 0.4) is 0 Å². The second kappa shape index (κ2) is 7.68. The molecule has 2 aromatic carbocycles. The second-order valence-electron chi connectivity index (χ2n) is 6.62. The van der Waals surface area contributed by atoms with Crippen molar-refractivity contribution in [1.29, 1.82) is 0 Å². The van der Waals surface area contributed by atoms with Gasteiger partial charge in [-0.15, -0.1) is 0 Å². The highest BCUT2D eigenvalue weighted by molar-refractivity contribution is 5.79. The summed E-state index contributed by atoms with van der Waals surface area (Å²) >= 11 is 0. The third-order valence-corrected chi connectivity index (χ3v) is 4.40. The molecule has 2 aromatic rings. The molecule has 0 fully saturated rings. The molecule has 0 heterocycles. The number of amides is 1. The molecule has 5 heteroatoms. The van der Waals surface area contributed by atoms with Crippen molar-refractivity contribution in [3.63, 3.8) is 0 Å². The molecule has 2 N–H and O–H groups in total. The number of benzene rings is 2. The van der Waals surface area contributed by atoms with Gasteiger partial charge < -0.3 is 20.1 Å². The topological polar surface area (TPSA) is 61.8 Å². The highest BCUT2D eigenvalue weighted by Gasteiger charge is 2.28. The number of nitrogens with zero attached hydrogens (tertiary/aromatic N) is 1. The van der Waals surface area contributed by atoms with Crippen LogP contribution in [0.25, 0.3) is 11.1 Å². The van der Waals surface area contributed by atoms with Gasteiger partial charge in [0.05, 0.1) is 6.10 Å². The number of likely N-dealkylation sites (N-methyl/N-ethyl adjacent to an activating group) is 1.